The molecular formula is C12H14O3S. The van der Waals surface area contributed by atoms with E-state index in [0.29, 0.717) is 17.5 Å². The van der Waals surface area contributed by atoms with Crippen molar-refractivity contribution in [2.75, 3.05) is 19.1 Å². The highest BCUT2D eigenvalue weighted by molar-refractivity contribution is 7.98. The summed E-state index contributed by atoms with van der Waals surface area (Å²) >= 11 is 1.61. The number of thioether (sulfide) groups is 1. The van der Waals surface area contributed by atoms with E-state index in [9.17, 15) is 9.59 Å². The van der Waals surface area contributed by atoms with Gasteiger partial charge in [0.25, 0.3) is 0 Å². The molecule has 0 heterocycles. The van der Waals surface area contributed by atoms with Gasteiger partial charge in [-0.1, -0.05) is 18.2 Å². The van der Waals surface area contributed by atoms with Gasteiger partial charge in [0.1, 0.15) is 0 Å². The predicted molar refractivity (Wildman–Crippen MR) is 65.1 cm³/mol. The SMILES string of the molecule is COC(=O)c1ccccc1C(=O)CCSC. The standard InChI is InChI=1S/C12H14O3S/c1-15-12(14)10-6-4-3-5-9(10)11(13)7-8-16-2/h3-6H,7-8H2,1-2H3. The summed E-state index contributed by atoms with van der Waals surface area (Å²) in [5.74, 6) is 0.275. The van der Waals surface area contributed by atoms with E-state index >= 15 is 0 Å². The van der Waals surface area contributed by atoms with Crippen LogP contribution in [0.5, 0.6) is 0 Å². The number of benzene rings is 1. The first kappa shape index (κ1) is 12.8. The van der Waals surface area contributed by atoms with E-state index in [2.05, 4.69) is 4.74 Å². The molecule has 16 heavy (non-hydrogen) atoms. The van der Waals surface area contributed by atoms with Crippen molar-refractivity contribution in [1.29, 1.82) is 0 Å². The Hall–Kier alpha value is -1.29. The molecule has 0 radical (unpaired) electrons. The highest BCUT2D eigenvalue weighted by Crippen LogP contribution is 2.13. The van der Waals surface area contributed by atoms with Gasteiger partial charge < -0.3 is 4.74 Å². The first-order valence-electron chi connectivity index (χ1n) is 4.90. The molecule has 0 fully saturated rings. The number of Topliss-reactive ketones (excluding diaryl/α,β-unsaturated/α-hetero) is 1. The van der Waals surface area contributed by atoms with E-state index in [1.807, 2.05) is 6.26 Å². The van der Waals surface area contributed by atoms with Gasteiger partial charge in [0.05, 0.1) is 12.7 Å². The third-order valence-corrected chi connectivity index (χ3v) is 2.78. The Kier molecular flexibility index (Phi) is 5.05. The summed E-state index contributed by atoms with van der Waals surface area (Å²) in [5.41, 5.74) is 0.791. The lowest BCUT2D eigenvalue weighted by Gasteiger charge is -2.06. The smallest absolute Gasteiger partial charge is 0.338 e. The number of carbonyl (C=O) groups excluding carboxylic acids is 2. The molecule has 0 saturated carbocycles. The number of rotatable bonds is 5. The molecule has 0 bridgehead atoms. The third-order valence-electron chi connectivity index (χ3n) is 2.17. The molecule has 0 aliphatic heterocycles. The number of hydrogen-bond acceptors (Lipinski definition) is 4. The second-order valence-corrected chi connectivity index (χ2v) is 4.19. The van der Waals surface area contributed by atoms with Gasteiger partial charge in [-0.05, 0) is 12.3 Å². The lowest BCUT2D eigenvalue weighted by atomic mass is 10.0. The minimum Gasteiger partial charge on any atom is -0.465 e. The summed E-state index contributed by atoms with van der Waals surface area (Å²) in [6.07, 6.45) is 2.38. The molecule has 0 spiro atoms. The second-order valence-electron chi connectivity index (χ2n) is 3.20. The predicted octanol–water partition coefficient (Wildman–Crippen LogP) is 2.41. The molecule has 0 unspecified atom stereocenters. The summed E-state index contributed by atoms with van der Waals surface area (Å²) in [6.45, 7) is 0. The van der Waals surface area contributed by atoms with Crippen molar-refractivity contribution in [3.05, 3.63) is 35.4 Å². The first-order chi connectivity index (χ1) is 7.70. The second kappa shape index (κ2) is 6.33. The van der Waals surface area contributed by atoms with Crippen LogP contribution in [0, 0.1) is 0 Å². The maximum Gasteiger partial charge on any atom is 0.338 e. The van der Waals surface area contributed by atoms with Gasteiger partial charge in [0.15, 0.2) is 5.78 Å². The van der Waals surface area contributed by atoms with Crippen molar-refractivity contribution in [1.82, 2.24) is 0 Å². The fourth-order valence-corrected chi connectivity index (χ4v) is 1.73. The van der Waals surface area contributed by atoms with Crippen LogP contribution in [0.3, 0.4) is 0 Å². The van der Waals surface area contributed by atoms with Crippen LogP contribution in [0.4, 0.5) is 0 Å². The van der Waals surface area contributed by atoms with E-state index < -0.39 is 5.97 Å². The minimum atomic E-state index is -0.465. The summed E-state index contributed by atoms with van der Waals surface area (Å²) in [6, 6.07) is 6.74. The molecule has 86 valence electrons. The van der Waals surface area contributed by atoms with Crippen molar-refractivity contribution < 1.29 is 14.3 Å². The summed E-state index contributed by atoms with van der Waals surface area (Å²) < 4.78 is 4.64. The van der Waals surface area contributed by atoms with Crippen molar-refractivity contribution in [3.8, 4) is 0 Å². The van der Waals surface area contributed by atoms with Gasteiger partial charge in [-0.3, -0.25) is 4.79 Å². The number of carbonyl (C=O) groups is 2. The van der Waals surface area contributed by atoms with Crippen LogP contribution in [-0.2, 0) is 4.74 Å². The van der Waals surface area contributed by atoms with Crippen molar-refractivity contribution >= 4 is 23.5 Å². The average molecular weight is 238 g/mol. The monoisotopic (exact) mass is 238 g/mol. The molecule has 0 N–H and O–H groups in total. The average Bonchev–Trinajstić information content (AvgIpc) is 2.35. The quantitative estimate of drug-likeness (QED) is 0.583. The Morgan fingerprint density at radius 1 is 1.25 bits per heavy atom. The maximum absolute atomic E-state index is 11.8. The third kappa shape index (κ3) is 3.10. The highest BCUT2D eigenvalue weighted by atomic mass is 32.2. The van der Waals surface area contributed by atoms with Gasteiger partial charge in [-0.2, -0.15) is 11.8 Å². The summed E-state index contributed by atoms with van der Waals surface area (Å²) in [7, 11) is 1.31. The molecular weight excluding hydrogens is 224 g/mol. The van der Waals surface area contributed by atoms with E-state index in [1.54, 1.807) is 36.0 Å². The number of ketones is 1. The Balaban J connectivity index is 2.94. The minimum absolute atomic E-state index is 0.0182. The molecule has 4 heteroatoms. The number of hydrogen-bond donors (Lipinski definition) is 0. The molecule has 1 aromatic carbocycles. The lowest BCUT2D eigenvalue weighted by Crippen LogP contribution is -2.10. The zero-order chi connectivity index (χ0) is 12.0. The molecule has 1 aromatic rings. The Labute approximate surface area is 99.2 Å². The van der Waals surface area contributed by atoms with Gasteiger partial charge >= 0.3 is 5.97 Å². The van der Waals surface area contributed by atoms with Crippen LogP contribution in [-0.4, -0.2) is 30.9 Å². The highest BCUT2D eigenvalue weighted by Gasteiger charge is 2.16. The van der Waals surface area contributed by atoms with Gasteiger partial charge in [-0.25, -0.2) is 4.79 Å². The number of ether oxygens (including phenoxy) is 1. The summed E-state index contributed by atoms with van der Waals surface area (Å²) in [4.78, 5) is 23.3. The Bertz CT molecular complexity index is 388. The zero-order valence-corrected chi connectivity index (χ0v) is 10.2. The van der Waals surface area contributed by atoms with E-state index in [0.717, 1.165) is 5.75 Å². The molecule has 0 aliphatic rings. The Morgan fingerprint density at radius 2 is 1.88 bits per heavy atom. The van der Waals surface area contributed by atoms with Gasteiger partial charge in [-0.15, -0.1) is 0 Å². The van der Waals surface area contributed by atoms with Crippen molar-refractivity contribution in [3.63, 3.8) is 0 Å². The van der Waals surface area contributed by atoms with Gasteiger partial charge in [0, 0.05) is 17.7 Å². The fraction of sp³-hybridized carbons (Fsp3) is 0.333. The van der Waals surface area contributed by atoms with Gasteiger partial charge in [0.2, 0.25) is 0 Å². The van der Waals surface area contributed by atoms with Crippen molar-refractivity contribution in [2.45, 2.75) is 6.42 Å². The van der Waals surface area contributed by atoms with Crippen LogP contribution in [0.25, 0.3) is 0 Å². The first-order valence-corrected chi connectivity index (χ1v) is 6.29. The van der Waals surface area contributed by atoms with E-state index in [1.165, 1.54) is 7.11 Å². The van der Waals surface area contributed by atoms with Crippen LogP contribution in [0.15, 0.2) is 24.3 Å². The number of methoxy groups -OCH3 is 1. The fourth-order valence-electron chi connectivity index (χ4n) is 1.34. The molecule has 0 amide bonds. The maximum atomic E-state index is 11.8. The van der Waals surface area contributed by atoms with Crippen LogP contribution in [0.2, 0.25) is 0 Å². The lowest BCUT2D eigenvalue weighted by molar-refractivity contribution is 0.0597. The molecule has 0 saturated heterocycles. The van der Waals surface area contributed by atoms with Crippen molar-refractivity contribution in [2.24, 2.45) is 0 Å². The molecule has 3 nitrogen and oxygen atoms in total. The summed E-state index contributed by atoms with van der Waals surface area (Å²) in [5, 5.41) is 0. The molecule has 0 aromatic heterocycles. The molecule has 0 aliphatic carbocycles. The number of esters is 1. The zero-order valence-electron chi connectivity index (χ0n) is 9.36. The van der Waals surface area contributed by atoms with E-state index in [-0.39, 0.29) is 5.78 Å². The van der Waals surface area contributed by atoms with E-state index in [4.69, 9.17) is 0 Å². The molecule has 0 atom stereocenters. The topological polar surface area (TPSA) is 43.4 Å². The molecule has 1 rings (SSSR count). The van der Waals surface area contributed by atoms with Crippen LogP contribution < -0.4 is 0 Å². The normalized spacial score (nSPS) is 9.88. The largest absolute Gasteiger partial charge is 0.465 e. The Morgan fingerprint density at radius 3 is 2.44 bits per heavy atom. The van der Waals surface area contributed by atoms with Crippen LogP contribution >= 0.6 is 11.8 Å². The van der Waals surface area contributed by atoms with Crippen LogP contribution in [0.1, 0.15) is 27.1 Å².